The number of halogens is 4. The normalized spacial score (nSPS) is 11.9. The Hall–Kier alpha value is -5.37. The number of nitrogens with zero attached hydrogens (tertiary/aromatic N) is 3. The molecule has 6 aromatic rings. The average Bonchev–Trinajstić information content (AvgIpc) is 3.57. The van der Waals surface area contributed by atoms with Crippen LogP contribution in [0.5, 0.6) is 0 Å². The molecule has 6 rings (SSSR count). The van der Waals surface area contributed by atoms with Crippen LogP contribution in [0, 0.1) is 11.6 Å². The zero-order chi connectivity index (χ0) is 33.9. The molecule has 0 aliphatic heterocycles. The highest BCUT2D eigenvalue weighted by Crippen LogP contribution is 2.42. The van der Waals surface area contributed by atoms with Crippen LogP contribution >= 0.6 is 0 Å². The van der Waals surface area contributed by atoms with Crippen molar-refractivity contribution in [3.63, 3.8) is 0 Å². The van der Waals surface area contributed by atoms with E-state index in [1.807, 2.05) is 0 Å². The largest absolute Gasteiger partial charge is 0.455 e. The first-order chi connectivity index (χ1) is 22.2. The lowest BCUT2D eigenvalue weighted by Gasteiger charge is -2.21. The number of benzene rings is 3. The van der Waals surface area contributed by atoms with Crippen molar-refractivity contribution in [2.24, 2.45) is 7.05 Å². The van der Waals surface area contributed by atoms with Gasteiger partial charge in [0.1, 0.15) is 23.0 Å². The lowest BCUT2D eigenvalue weighted by atomic mass is 9.98. The lowest BCUT2D eigenvalue weighted by Crippen LogP contribution is -2.26. The zero-order valence-corrected chi connectivity index (χ0v) is 26.1. The minimum atomic E-state index is -3.95. The maximum absolute atomic E-state index is 14.7. The van der Waals surface area contributed by atoms with Crippen LogP contribution in [0.1, 0.15) is 16.9 Å². The van der Waals surface area contributed by atoms with Gasteiger partial charge in [-0.1, -0.05) is 6.07 Å². The summed E-state index contributed by atoms with van der Waals surface area (Å²) in [6, 6.07) is 14.9. The summed E-state index contributed by atoms with van der Waals surface area (Å²) in [5, 5.41) is 2.88. The molecule has 0 bridgehead atoms. The van der Waals surface area contributed by atoms with E-state index in [2.05, 4.69) is 5.32 Å². The Morgan fingerprint density at radius 3 is 2.28 bits per heavy atom. The van der Waals surface area contributed by atoms with Gasteiger partial charge < -0.3 is 14.3 Å². The maximum Gasteiger partial charge on any atom is 0.321 e. The van der Waals surface area contributed by atoms with Crippen LogP contribution in [0.4, 0.5) is 23.2 Å². The molecule has 0 aliphatic rings. The minimum absolute atomic E-state index is 0.00887. The van der Waals surface area contributed by atoms with Crippen LogP contribution in [-0.2, 0) is 17.1 Å². The molecule has 0 spiro atoms. The number of sulfonamides is 1. The number of alkyl halides is 2. The van der Waals surface area contributed by atoms with Crippen LogP contribution in [0.3, 0.4) is 0 Å². The van der Waals surface area contributed by atoms with Gasteiger partial charge in [0.2, 0.25) is 10.0 Å². The Balaban J connectivity index is 1.71. The number of hydrogen-bond acceptors (Lipinski definition) is 5. The molecule has 3 aromatic carbocycles. The van der Waals surface area contributed by atoms with Crippen LogP contribution in [0.25, 0.3) is 55.6 Å². The second-order valence-corrected chi connectivity index (χ2v) is 12.9. The van der Waals surface area contributed by atoms with Crippen molar-refractivity contribution in [1.82, 2.24) is 14.5 Å². The quantitative estimate of drug-likeness (QED) is 0.196. The first kappa shape index (κ1) is 31.6. The van der Waals surface area contributed by atoms with Crippen molar-refractivity contribution >= 4 is 43.5 Å². The van der Waals surface area contributed by atoms with Gasteiger partial charge in [0.05, 0.1) is 34.3 Å². The van der Waals surface area contributed by atoms with Crippen LogP contribution in [0.15, 0.2) is 82.1 Å². The van der Waals surface area contributed by atoms with E-state index in [9.17, 15) is 35.6 Å². The number of aromatic nitrogens is 2. The average molecular weight is 667 g/mol. The van der Waals surface area contributed by atoms with Crippen molar-refractivity contribution in [3.8, 4) is 33.7 Å². The Morgan fingerprint density at radius 1 is 0.957 bits per heavy atom. The zero-order valence-electron chi connectivity index (χ0n) is 25.3. The van der Waals surface area contributed by atoms with Gasteiger partial charge in [-0.3, -0.25) is 18.5 Å². The summed E-state index contributed by atoms with van der Waals surface area (Å²) in [4.78, 5) is 26.7. The van der Waals surface area contributed by atoms with Crippen LogP contribution in [-0.4, -0.2) is 43.8 Å². The molecule has 14 heteroatoms. The molecule has 9 nitrogen and oxygen atoms in total. The van der Waals surface area contributed by atoms with Gasteiger partial charge >= 0.3 is 6.55 Å². The van der Waals surface area contributed by atoms with Gasteiger partial charge in [0, 0.05) is 60.9 Å². The molecular weight excluding hydrogens is 640 g/mol. The molecule has 1 amide bonds. The van der Waals surface area contributed by atoms with Crippen molar-refractivity contribution in [2.75, 3.05) is 24.7 Å². The topological polar surface area (TPSA) is 107 Å². The van der Waals surface area contributed by atoms with Gasteiger partial charge in [0.15, 0.2) is 0 Å². The van der Waals surface area contributed by atoms with Gasteiger partial charge in [0.25, 0.3) is 11.5 Å². The highest BCUT2D eigenvalue weighted by molar-refractivity contribution is 7.92. The predicted molar refractivity (Wildman–Crippen MR) is 171 cm³/mol. The molecule has 0 atom stereocenters. The number of carbonyl (C=O) groups is 1. The summed E-state index contributed by atoms with van der Waals surface area (Å²) < 4.78 is 91.5. The number of furan rings is 1. The molecular formula is C33H26F4N4O5S. The summed E-state index contributed by atoms with van der Waals surface area (Å²) in [5.74, 6) is -1.63. The number of anilines is 1. The van der Waals surface area contributed by atoms with Gasteiger partial charge in [-0.25, -0.2) is 17.2 Å². The van der Waals surface area contributed by atoms with Gasteiger partial charge in [-0.05, 0) is 54.6 Å². The monoisotopic (exact) mass is 666 g/mol. The van der Waals surface area contributed by atoms with E-state index in [1.165, 1.54) is 79.3 Å². The lowest BCUT2D eigenvalue weighted by molar-refractivity contribution is 0.0666. The molecule has 0 unspecified atom stereocenters. The Labute approximate surface area is 265 Å². The molecule has 0 aliphatic carbocycles. The molecule has 0 saturated carbocycles. The molecule has 1 N–H and O–H groups in total. The maximum atomic E-state index is 14.7. The van der Waals surface area contributed by atoms with Crippen molar-refractivity contribution < 1.29 is 35.2 Å². The molecule has 242 valence electrons. The third-order valence-corrected chi connectivity index (χ3v) is 9.27. The highest BCUT2D eigenvalue weighted by Gasteiger charge is 2.27. The number of hydrogen-bond donors (Lipinski definition) is 1. The predicted octanol–water partition coefficient (Wildman–Crippen LogP) is 6.52. The smallest absolute Gasteiger partial charge is 0.321 e. The summed E-state index contributed by atoms with van der Waals surface area (Å²) in [6.45, 7) is -3.30. The fraction of sp³-hybridized carbons (Fsp3) is 0.152. The number of rotatable bonds is 7. The number of aryl methyl sites for hydroxylation is 1. The Bertz CT molecular complexity index is 2400. The van der Waals surface area contributed by atoms with E-state index in [0.29, 0.717) is 11.1 Å². The molecule has 0 radical (unpaired) electrons. The number of carbonyl (C=O) groups excluding carboxylic acids is 1. The standard InChI is InChI=1S/C33H26F4N4O5S/c1-38-31(42)29-23-13-20(27(40(3)47(4,44)45)15-28(23)46-30(29)17-8-10-19(34)11-9-17)18-12-22(32(43)41(16-18)33(36)37)26-14-21-24(35)6-5-7-25(21)39(26)2/h5-16,33H,1-4H3,(H,38,42). The number of pyridine rings is 1. The number of amides is 1. The van der Waals surface area contributed by atoms with Crippen molar-refractivity contribution in [1.29, 1.82) is 0 Å². The third kappa shape index (κ3) is 5.33. The number of nitrogens with one attached hydrogen (secondary N) is 1. The fourth-order valence-corrected chi connectivity index (χ4v) is 6.13. The minimum Gasteiger partial charge on any atom is -0.455 e. The SMILES string of the molecule is CNC(=O)c1c(-c2ccc(F)cc2)oc2cc(N(C)S(C)(=O)=O)c(-c3cc(-c4cc5c(F)cccc5n4C)c(=O)n(C(F)F)c3)cc12. The highest BCUT2D eigenvalue weighted by atomic mass is 32.2. The summed E-state index contributed by atoms with van der Waals surface area (Å²) in [7, 11) is 0.244. The summed E-state index contributed by atoms with van der Waals surface area (Å²) in [6.07, 6.45) is 1.83. The van der Waals surface area contributed by atoms with Crippen LogP contribution < -0.4 is 15.2 Å². The van der Waals surface area contributed by atoms with Crippen molar-refractivity contribution in [2.45, 2.75) is 6.55 Å². The Morgan fingerprint density at radius 2 is 1.66 bits per heavy atom. The van der Waals surface area contributed by atoms with E-state index in [-0.39, 0.29) is 60.3 Å². The van der Waals surface area contributed by atoms with E-state index in [0.717, 1.165) is 16.8 Å². The van der Waals surface area contributed by atoms with E-state index < -0.39 is 39.7 Å². The second kappa shape index (κ2) is 11.5. The van der Waals surface area contributed by atoms with E-state index in [1.54, 1.807) is 13.1 Å². The van der Waals surface area contributed by atoms with E-state index >= 15 is 0 Å². The summed E-state index contributed by atoms with van der Waals surface area (Å²) >= 11 is 0. The van der Waals surface area contributed by atoms with Crippen LogP contribution in [0.2, 0.25) is 0 Å². The van der Waals surface area contributed by atoms with Crippen molar-refractivity contribution in [3.05, 3.63) is 100 Å². The summed E-state index contributed by atoms with van der Waals surface area (Å²) in [5.41, 5.74) is -0.254. The molecule has 3 aromatic heterocycles. The number of fused-ring (bicyclic) bond motifs is 2. The molecule has 0 fully saturated rings. The molecule has 3 heterocycles. The van der Waals surface area contributed by atoms with Gasteiger partial charge in [-0.15, -0.1) is 0 Å². The van der Waals surface area contributed by atoms with E-state index in [4.69, 9.17) is 4.42 Å². The first-order valence-electron chi connectivity index (χ1n) is 14.0. The third-order valence-electron chi connectivity index (χ3n) is 8.08. The van der Waals surface area contributed by atoms with Gasteiger partial charge in [-0.2, -0.15) is 8.78 Å². The molecule has 0 saturated heterocycles. The molecule has 47 heavy (non-hydrogen) atoms. The Kier molecular flexibility index (Phi) is 7.70. The second-order valence-electron chi connectivity index (χ2n) is 10.9. The first-order valence-corrected chi connectivity index (χ1v) is 15.9. The fourth-order valence-electron chi connectivity index (χ4n) is 5.62.